The summed E-state index contributed by atoms with van der Waals surface area (Å²) in [6.07, 6.45) is 2.51. The number of amides is 1. The first-order valence-corrected chi connectivity index (χ1v) is 8.59. The average Bonchev–Trinajstić information content (AvgIpc) is 3.08. The van der Waals surface area contributed by atoms with Crippen molar-refractivity contribution in [3.05, 3.63) is 52.5 Å². The summed E-state index contributed by atoms with van der Waals surface area (Å²) in [4.78, 5) is 24.7. The van der Waals surface area contributed by atoms with E-state index in [0.29, 0.717) is 29.1 Å². The summed E-state index contributed by atoms with van der Waals surface area (Å²) in [5, 5.41) is 7.62. The van der Waals surface area contributed by atoms with Gasteiger partial charge < -0.3 is 14.5 Å². The SMILES string of the molecule is CCOc1ccc2c(C(=O)Nc3ccnn3C(C)CC)cc(=O)oc2c1. The van der Waals surface area contributed by atoms with Crippen LogP contribution in [-0.2, 0) is 0 Å². The molecule has 0 aliphatic rings. The van der Waals surface area contributed by atoms with Crippen LogP contribution in [0.1, 0.15) is 43.6 Å². The van der Waals surface area contributed by atoms with Gasteiger partial charge in [0.15, 0.2) is 0 Å². The van der Waals surface area contributed by atoms with Crippen molar-refractivity contribution >= 4 is 22.7 Å². The molecule has 0 radical (unpaired) electrons. The Labute approximate surface area is 150 Å². The molecule has 1 aromatic carbocycles. The first-order chi connectivity index (χ1) is 12.5. The van der Waals surface area contributed by atoms with Gasteiger partial charge in [0.25, 0.3) is 5.91 Å². The number of hydrogen-bond acceptors (Lipinski definition) is 5. The van der Waals surface area contributed by atoms with Crippen LogP contribution in [0.3, 0.4) is 0 Å². The molecular formula is C19H21N3O4. The van der Waals surface area contributed by atoms with Crippen LogP contribution in [0.25, 0.3) is 11.0 Å². The predicted octanol–water partition coefficient (Wildman–Crippen LogP) is 3.61. The monoisotopic (exact) mass is 355 g/mol. The van der Waals surface area contributed by atoms with Gasteiger partial charge in [0, 0.05) is 23.6 Å². The summed E-state index contributed by atoms with van der Waals surface area (Å²) in [6, 6.07) is 8.13. The Morgan fingerprint density at radius 2 is 2.12 bits per heavy atom. The molecule has 0 fully saturated rings. The van der Waals surface area contributed by atoms with Gasteiger partial charge in [0.2, 0.25) is 0 Å². The van der Waals surface area contributed by atoms with Crippen molar-refractivity contribution in [1.82, 2.24) is 9.78 Å². The zero-order valence-corrected chi connectivity index (χ0v) is 15.0. The molecule has 3 rings (SSSR count). The van der Waals surface area contributed by atoms with Crippen LogP contribution in [0, 0.1) is 0 Å². The van der Waals surface area contributed by atoms with Crippen LogP contribution in [0.2, 0.25) is 0 Å². The molecule has 7 heteroatoms. The molecule has 136 valence electrons. The number of aromatic nitrogens is 2. The Kier molecular flexibility index (Phi) is 5.06. The molecule has 0 saturated heterocycles. The smallest absolute Gasteiger partial charge is 0.337 e. The molecule has 2 heterocycles. The molecule has 7 nitrogen and oxygen atoms in total. The normalized spacial score (nSPS) is 12.1. The van der Waals surface area contributed by atoms with Gasteiger partial charge in [-0.15, -0.1) is 0 Å². The lowest BCUT2D eigenvalue weighted by Gasteiger charge is -2.14. The van der Waals surface area contributed by atoms with E-state index < -0.39 is 11.5 Å². The maximum Gasteiger partial charge on any atom is 0.337 e. The molecule has 0 aliphatic heterocycles. The Morgan fingerprint density at radius 1 is 1.31 bits per heavy atom. The van der Waals surface area contributed by atoms with Gasteiger partial charge in [0.1, 0.15) is 17.2 Å². The Bertz CT molecular complexity index is 990. The van der Waals surface area contributed by atoms with Gasteiger partial charge >= 0.3 is 5.63 Å². The molecule has 1 amide bonds. The Hall–Kier alpha value is -3.09. The summed E-state index contributed by atoms with van der Waals surface area (Å²) in [5.41, 5.74) is -0.0352. The van der Waals surface area contributed by atoms with Crippen molar-refractivity contribution in [2.24, 2.45) is 0 Å². The van der Waals surface area contributed by atoms with E-state index >= 15 is 0 Å². The van der Waals surface area contributed by atoms with Crippen molar-refractivity contribution in [3.8, 4) is 5.75 Å². The molecule has 1 unspecified atom stereocenters. The van der Waals surface area contributed by atoms with Gasteiger partial charge in [-0.1, -0.05) is 6.92 Å². The molecule has 0 saturated carbocycles. The number of hydrogen-bond donors (Lipinski definition) is 1. The second-order valence-corrected chi connectivity index (χ2v) is 5.94. The first kappa shape index (κ1) is 17.7. The third-order valence-corrected chi connectivity index (χ3v) is 4.19. The Balaban J connectivity index is 1.98. The molecule has 3 aromatic rings. The first-order valence-electron chi connectivity index (χ1n) is 8.59. The highest BCUT2D eigenvalue weighted by molar-refractivity contribution is 6.11. The quantitative estimate of drug-likeness (QED) is 0.683. The van der Waals surface area contributed by atoms with Crippen molar-refractivity contribution in [2.45, 2.75) is 33.2 Å². The minimum absolute atomic E-state index is 0.145. The van der Waals surface area contributed by atoms with Gasteiger partial charge in [-0.2, -0.15) is 5.10 Å². The third-order valence-electron chi connectivity index (χ3n) is 4.19. The molecular weight excluding hydrogens is 334 g/mol. The van der Waals surface area contributed by atoms with Gasteiger partial charge in [-0.3, -0.25) is 4.79 Å². The van der Waals surface area contributed by atoms with Gasteiger partial charge in [-0.05, 0) is 32.4 Å². The summed E-state index contributed by atoms with van der Waals surface area (Å²) < 4.78 is 12.4. The molecule has 0 bridgehead atoms. The fourth-order valence-corrected chi connectivity index (χ4v) is 2.71. The van der Waals surface area contributed by atoms with Crippen molar-refractivity contribution in [3.63, 3.8) is 0 Å². The van der Waals surface area contributed by atoms with Crippen LogP contribution in [0.15, 0.2) is 45.7 Å². The molecule has 0 spiro atoms. The number of benzene rings is 1. The van der Waals surface area contributed by atoms with Crippen molar-refractivity contribution in [2.75, 3.05) is 11.9 Å². The highest BCUT2D eigenvalue weighted by Crippen LogP contribution is 2.24. The molecule has 1 atom stereocenters. The summed E-state index contributed by atoms with van der Waals surface area (Å²) in [7, 11) is 0. The zero-order valence-electron chi connectivity index (χ0n) is 15.0. The van der Waals surface area contributed by atoms with E-state index in [4.69, 9.17) is 9.15 Å². The van der Waals surface area contributed by atoms with Crippen molar-refractivity contribution < 1.29 is 13.9 Å². The number of ether oxygens (including phenoxy) is 1. The van der Waals surface area contributed by atoms with Crippen LogP contribution in [0.4, 0.5) is 5.82 Å². The third kappa shape index (κ3) is 3.46. The highest BCUT2D eigenvalue weighted by Gasteiger charge is 2.17. The predicted molar refractivity (Wildman–Crippen MR) is 98.8 cm³/mol. The highest BCUT2D eigenvalue weighted by atomic mass is 16.5. The summed E-state index contributed by atoms with van der Waals surface area (Å²) >= 11 is 0. The van der Waals surface area contributed by atoms with Crippen LogP contribution in [-0.4, -0.2) is 22.3 Å². The fourth-order valence-electron chi connectivity index (χ4n) is 2.71. The second-order valence-electron chi connectivity index (χ2n) is 5.94. The number of carbonyl (C=O) groups is 1. The standard InChI is InChI=1S/C19H21N3O4/c1-4-12(3)22-17(8-9-20-22)21-19(24)15-11-18(23)26-16-10-13(25-5-2)6-7-14(15)16/h6-12H,4-5H2,1-3H3,(H,21,24). The van der Waals surface area contributed by atoms with Gasteiger partial charge in [-0.25, -0.2) is 9.48 Å². The van der Waals surface area contributed by atoms with Crippen LogP contribution in [0.5, 0.6) is 5.75 Å². The maximum absolute atomic E-state index is 12.8. The number of rotatable bonds is 6. The van der Waals surface area contributed by atoms with Crippen LogP contribution >= 0.6 is 0 Å². The Morgan fingerprint density at radius 3 is 2.85 bits per heavy atom. The van der Waals surface area contributed by atoms with E-state index in [-0.39, 0.29) is 11.6 Å². The minimum atomic E-state index is -0.591. The topological polar surface area (TPSA) is 86.4 Å². The molecule has 1 N–H and O–H groups in total. The number of nitrogens with one attached hydrogen (secondary N) is 1. The largest absolute Gasteiger partial charge is 0.494 e. The summed E-state index contributed by atoms with van der Waals surface area (Å²) in [6.45, 7) is 6.43. The van der Waals surface area contributed by atoms with E-state index in [1.165, 1.54) is 6.07 Å². The lowest BCUT2D eigenvalue weighted by molar-refractivity contribution is 0.102. The second kappa shape index (κ2) is 7.43. The zero-order chi connectivity index (χ0) is 18.7. The lowest BCUT2D eigenvalue weighted by atomic mass is 10.1. The minimum Gasteiger partial charge on any atom is -0.494 e. The van der Waals surface area contributed by atoms with Crippen molar-refractivity contribution in [1.29, 1.82) is 0 Å². The fraction of sp³-hybridized carbons (Fsp3) is 0.316. The summed E-state index contributed by atoms with van der Waals surface area (Å²) in [5.74, 6) is 0.768. The van der Waals surface area contributed by atoms with E-state index in [1.807, 2.05) is 20.8 Å². The van der Waals surface area contributed by atoms with E-state index in [0.717, 1.165) is 6.42 Å². The number of carbonyl (C=O) groups excluding carboxylic acids is 1. The van der Waals surface area contributed by atoms with Crippen LogP contribution < -0.4 is 15.7 Å². The van der Waals surface area contributed by atoms with Gasteiger partial charge in [0.05, 0.1) is 24.4 Å². The van der Waals surface area contributed by atoms with E-state index in [1.54, 1.807) is 35.1 Å². The van der Waals surface area contributed by atoms with E-state index in [2.05, 4.69) is 10.4 Å². The van der Waals surface area contributed by atoms with E-state index in [9.17, 15) is 9.59 Å². The number of fused-ring (bicyclic) bond motifs is 1. The molecule has 2 aromatic heterocycles. The average molecular weight is 355 g/mol. The number of nitrogens with zero attached hydrogens (tertiary/aromatic N) is 2. The molecule has 0 aliphatic carbocycles. The molecule has 26 heavy (non-hydrogen) atoms. The lowest BCUT2D eigenvalue weighted by Crippen LogP contribution is -2.19. The number of anilines is 1. The maximum atomic E-state index is 12.8.